The first-order chi connectivity index (χ1) is 6.46. The predicted octanol–water partition coefficient (Wildman–Crippen LogP) is 1.69. The molecule has 1 aliphatic carbocycles. The third kappa shape index (κ3) is 2.01. The lowest BCUT2D eigenvalue weighted by Crippen LogP contribution is -2.34. The van der Waals surface area contributed by atoms with Crippen LogP contribution in [0, 0.1) is 5.92 Å². The molecule has 0 aromatic heterocycles. The Bertz CT molecular complexity index is 328. The van der Waals surface area contributed by atoms with Crippen molar-refractivity contribution >= 4 is 11.5 Å². The molecule has 1 N–H and O–H groups in total. The predicted molar refractivity (Wildman–Crippen MR) is 42.1 cm³/mol. The largest absolute Gasteiger partial charge is 0.451 e. The summed E-state index contributed by atoms with van der Waals surface area (Å²) in [7, 11) is 0. The second kappa shape index (κ2) is 3.65. The number of rotatable bonds is 1. The van der Waals surface area contributed by atoms with Crippen molar-refractivity contribution in [1.29, 1.82) is 0 Å². The first kappa shape index (κ1) is 10.5. The van der Waals surface area contributed by atoms with Crippen molar-refractivity contribution in [1.82, 2.24) is 0 Å². The fourth-order valence-electron chi connectivity index (χ4n) is 1.03. The summed E-state index contributed by atoms with van der Waals surface area (Å²) in [5.41, 5.74) is -0.310. The van der Waals surface area contributed by atoms with Crippen LogP contribution in [0.15, 0.2) is 29.5 Å². The van der Waals surface area contributed by atoms with Gasteiger partial charge in [-0.1, -0.05) is 23.4 Å². The molecule has 76 valence electrons. The Hall–Kier alpha value is -1.59. The van der Waals surface area contributed by atoms with Crippen molar-refractivity contribution < 1.29 is 23.2 Å². The molecule has 0 saturated carbocycles. The van der Waals surface area contributed by atoms with E-state index in [1.54, 1.807) is 0 Å². The van der Waals surface area contributed by atoms with Gasteiger partial charge in [0.1, 0.15) is 0 Å². The van der Waals surface area contributed by atoms with E-state index in [1.807, 2.05) is 0 Å². The lowest BCUT2D eigenvalue weighted by atomic mass is 9.94. The SMILES string of the molecule is O=C(C1C=CC=CC1=NO)C(F)(F)F. The molecule has 0 heterocycles. The third-order valence-corrected chi connectivity index (χ3v) is 1.68. The van der Waals surface area contributed by atoms with Crippen LogP contribution in [0.5, 0.6) is 0 Å². The van der Waals surface area contributed by atoms with E-state index in [2.05, 4.69) is 5.16 Å². The van der Waals surface area contributed by atoms with E-state index >= 15 is 0 Å². The van der Waals surface area contributed by atoms with Crippen molar-refractivity contribution in [2.45, 2.75) is 6.18 Å². The molecule has 1 unspecified atom stereocenters. The lowest BCUT2D eigenvalue weighted by Gasteiger charge is -2.14. The first-order valence-electron chi connectivity index (χ1n) is 3.64. The summed E-state index contributed by atoms with van der Waals surface area (Å²) < 4.78 is 36.0. The molecule has 0 aromatic rings. The van der Waals surface area contributed by atoms with Crippen LogP contribution in [0.1, 0.15) is 0 Å². The molecule has 1 rings (SSSR count). The van der Waals surface area contributed by atoms with Crippen LogP contribution in [-0.2, 0) is 4.79 Å². The van der Waals surface area contributed by atoms with Crippen molar-refractivity contribution in [3.63, 3.8) is 0 Å². The summed E-state index contributed by atoms with van der Waals surface area (Å²) in [6.07, 6.45) is -0.0620. The van der Waals surface area contributed by atoms with Crippen molar-refractivity contribution in [3.8, 4) is 0 Å². The number of oxime groups is 1. The molecule has 0 saturated heterocycles. The minimum Gasteiger partial charge on any atom is -0.411 e. The number of hydrogen-bond acceptors (Lipinski definition) is 3. The molecular weight excluding hydrogens is 199 g/mol. The van der Waals surface area contributed by atoms with E-state index in [4.69, 9.17) is 5.21 Å². The van der Waals surface area contributed by atoms with Crippen LogP contribution in [0.3, 0.4) is 0 Å². The Labute approximate surface area is 77.2 Å². The minimum atomic E-state index is -4.92. The van der Waals surface area contributed by atoms with E-state index in [0.29, 0.717) is 0 Å². The van der Waals surface area contributed by atoms with Gasteiger partial charge >= 0.3 is 6.18 Å². The maximum atomic E-state index is 12.0. The van der Waals surface area contributed by atoms with Gasteiger partial charge in [-0.05, 0) is 6.08 Å². The summed E-state index contributed by atoms with van der Waals surface area (Å²) in [5.74, 6) is -3.48. The standard InChI is InChI=1S/C8H6F3NO2/c9-8(10,11)7(13)5-3-1-2-4-6(5)12-14/h1-5,14H. The number of alkyl halides is 3. The second-order valence-electron chi connectivity index (χ2n) is 2.61. The number of carbonyl (C=O) groups excluding carboxylic acids is 1. The highest BCUT2D eigenvalue weighted by molar-refractivity contribution is 6.14. The number of carbonyl (C=O) groups is 1. The highest BCUT2D eigenvalue weighted by Gasteiger charge is 2.44. The Morgan fingerprint density at radius 3 is 2.57 bits per heavy atom. The number of ketones is 1. The van der Waals surface area contributed by atoms with Gasteiger partial charge < -0.3 is 5.21 Å². The first-order valence-corrected chi connectivity index (χ1v) is 3.64. The van der Waals surface area contributed by atoms with Crippen molar-refractivity contribution in [2.24, 2.45) is 11.1 Å². The van der Waals surface area contributed by atoms with Crippen LogP contribution < -0.4 is 0 Å². The van der Waals surface area contributed by atoms with E-state index in [1.165, 1.54) is 12.2 Å². The lowest BCUT2D eigenvalue weighted by molar-refractivity contribution is -0.172. The highest BCUT2D eigenvalue weighted by Crippen LogP contribution is 2.24. The molecule has 1 atom stereocenters. The fourth-order valence-corrected chi connectivity index (χ4v) is 1.03. The number of hydrogen-bond donors (Lipinski definition) is 1. The average molecular weight is 205 g/mol. The zero-order valence-corrected chi connectivity index (χ0v) is 6.82. The van der Waals surface area contributed by atoms with Gasteiger partial charge in [0.25, 0.3) is 0 Å². The molecule has 0 spiro atoms. The van der Waals surface area contributed by atoms with Gasteiger partial charge in [-0.15, -0.1) is 0 Å². The zero-order chi connectivity index (χ0) is 10.8. The van der Waals surface area contributed by atoms with Crippen molar-refractivity contribution in [2.75, 3.05) is 0 Å². The van der Waals surface area contributed by atoms with Gasteiger partial charge in [0, 0.05) is 0 Å². The Morgan fingerprint density at radius 1 is 1.43 bits per heavy atom. The summed E-state index contributed by atoms with van der Waals surface area (Å²) in [6, 6.07) is 0. The number of allylic oxidation sites excluding steroid dienone is 4. The number of Topliss-reactive ketones (excluding diaryl/α,β-unsaturated/α-hetero) is 1. The van der Waals surface area contributed by atoms with Crippen LogP contribution in [-0.4, -0.2) is 22.9 Å². The second-order valence-corrected chi connectivity index (χ2v) is 2.61. The van der Waals surface area contributed by atoms with Gasteiger partial charge in [-0.25, -0.2) is 0 Å². The molecule has 0 amide bonds. The molecular formula is C8H6F3NO2. The van der Waals surface area contributed by atoms with Gasteiger partial charge in [-0.2, -0.15) is 13.2 Å². The monoisotopic (exact) mass is 205 g/mol. The summed E-state index contributed by atoms with van der Waals surface area (Å²) in [4.78, 5) is 10.8. The average Bonchev–Trinajstić information content (AvgIpc) is 2.15. The minimum absolute atomic E-state index is 0.310. The smallest absolute Gasteiger partial charge is 0.411 e. The van der Waals surface area contributed by atoms with Gasteiger partial charge in [0.05, 0.1) is 11.6 Å². The molecule has 0 fully saturated rings. The molecule has 0 aliphatic heterocycles. The highest BCUT2D eigenvalue weighted by atomic mass is 19.4. The topological polar surface area (TPSA) is 49.7 Å². The molecule has 0 aromatic carbocycles. The summed E-state index contributed by atoms with van der Waals surface area (Å²) in [6.45, 7) is 0. The van der Waals surface area contributed by atoms with Gasteiger partial charge in [0.15, 0.2) is 0 Å². The van der Waals surface area contributed by atoms with E-state index in [9.17, 15) is 18.0 Å². The van der Waals surface area contributed by atoms with Crippen LogP contribution in [0.4, 0.5) is 13.2 Å². The van der Waals surface area contributed by atoms with Gasteiger partial charge in [0.2, 0.25) is 5.78 Å². The van der Waals surface area contributed by atoms with Crippen LogP contribution in [0.2, 0.25) is 0 Å². The molecule has 6 heteroatoms. The number of halogens is 3. The third-order valence-electron chi connectivity index (χ3n) is 1.68. The Balaban J connectivity index is 2.94. The van der Waals surface area contributed by atoms with Crippen molar-refractivity contribution in [3.05, 3.63) is 24.3 Å². The zero-order valence-electron chi connectivity index (χ0n) is 6.82. The molecule has 0 bridgehead atoms. The van der Waals surface area contributed by atoms with Crippen LogP contribution in [0.25, 0.3) is 0 Å². The fraction of sp³-hybridized carbons (Fsp3) is 0.250. The molecule has 0 radical (unpaired) electrons. The number of nitrogens with zero attached hydrogens (tertiary/aromatic N) is 1. The quantitative estimate of drug-likeness (QED) is 0.523. The van der Waals surface area contributed by atoms with E-state index in [0.717, 1.165) is 12.2 Å². The van der Waals surface area contributed by atoms with E-state index < -0.39 is 17.9 Å². The maximum Gasteiger partial charge on any atom is 0.451 e. The van der Waals surface area contributed by atoms with E-state index in [-0.39, 0.29) is 5.71 Å². The molecule has 3 nitrogen and oxygen atoms in total. The Kier molecular flexibility index (Phi) is 2.73. The summed E-state index contributed by atoms with van der Waals surface area (Å²) in [5, 5.41) is 11.0. The summed E-state index contributed by atoms with van der Waals surface area (Å²) >= 11 is 0. The Morgan fingerprint density at radius 2 is 2.07 bits per heavy atom. The van der Waals surface area contributed by atoms with Crippen LogP contribution >= 0.6 is 0 Å². The molecule has 1 aliphatic rings. The maximum absolute atomic E-state index is 12.0. The van der Waals surface area contributed by atoms with Gasteiger partial charge in [-0.3, -0.25) is 4.79 Å². The molecule has 14 heavy (non-hydrogen) atoms. The normalized spacial score (nSPS) is 24.2.